The highest BCUT2D eigenvalue weighted by molar-refractivity contribution is 7.14. The lowest BCUT2D eigenvalue weighted by Gasteiger charge is -2.24. The average Bonchev–Trinajstić information content (AvgIpc) is 3.01. The molecule has 1 aromatic carbocycles. The third kappa shape index (κ3) is 4.37. The molecule has 126 valence electrons. The fraction of sp³-hybridized carbons (Fsp3) is 0.294. The molecule has 0 aliphatic rings. The third-order valence-electron chi connectivity index (χ3n) is 3.82. The molecular weight excluding hydrogens is 332 g/mol. The van der Waals surface area contributed by atoms with Crippen molar-refractivity contribution in [1.82, 2.24) is 4.90 Å². The first kappa shape index (κ1) is 18.0. The number of nitrogens with zero attached hydrogens (tertiary/aromatic N) is 2. The van der Waals surface area contributed by atoms with Crippen molar-refractivity contribution in [3.8, 4) is 6.07 Å². The molecule has 24 heavy (non-hydrogen) atoms. The van der Waals surface area contributed by atoms with E-state index in [0.29, 0.717) is 22.7 Å². The Morgan fingerprint density at radius 2 is 2.12 bits per heavy atom. The normalized spacial score (nSPS) is 12.0. The Morgan fingerprint density at radius 3 is 2.79 bits per heavy atom. The minimum absolute atomic E-state index is 0.163. The molecule has 0 saturated heterocycles. The van der Waals surface area contributed by atoms with E-state index >= 15 is 0 Å². The Hall–Kier alpha value is -2.30. The average molecular weight is 349 g/mol. The third-order valence-corrected chi connectivity index (χ3v) is 4.65. The summed E-state index contributed by atoms with van der Waals surface area (Å²) in [7, 11) is 1.81. The van der Waals surface area contributed by atoms with E-state index in [4.69, 9.17) is 5.26 Å². The Bertz CT molecular complexity index is 769. The monoisotopic (exact) mass is 349 g/mol. The van der Waals surface area contributed by atoms with Crippen LogP contribution in [0.5, 0.6) is 0 Å². The van der Waals surface area contributed by atoms with E-state index in [9.17, 15) is 13.6 Å². The maximum Gasteiger partial charge on any atom is 0.226 e. The number of hydrogen-bond donors (Lipinski definition) is 1. The van der Waals surface area contributed by atoms with E-state index < -0.39 is 11.6 Å². The summed E-state index contributed by atoms with van der Waals surface area (Å²) in [6.07, 6.45) is 0.229. The van der Waals surface area contributed by atoms with Gasteiger partial charge < -0.3 is 5.32 Å². The second-order valence-electron chi connectivity index (χ2n) is 5.40. The lowest BCUT2D eigenvalue weighted by Crippen LogP contribution is -2.27. The van der Waals surface area contributed by atoms with Crippen molar-refractivity contribution in [1.29, 1.82) is 5.26 Å². The van der Waals surface area contributed by atoms with E-state index in [2.05, 4.69) is 5.32 Å². The lowest BCUT2D eigenvalue weighted by atomic mass is 10.1. The summed E-state index contributed by atoms with van der Waals surface area (Å²) in [5.74, 6) is -1.96. The predicted molar refractivity (Wildman–Crippen MR) is 89.7 cm³/mol. The van der Waals surface area contributed by atoms with Gasteiger partial charge in [-0.25, -0.2) is 8.78 Å². The number of rotatable bonds is 6. The summed E-state index contributed by atoms with van der Waals surface area (Å²) in [6, 6.07) is 7.30. The largest absolute Gasteiger partial charge is 0.317 e. The number of halogens is 2. The highest BCUT2D eigenvalue weighted by Gasteiger charge is 2.15. The molecule has 0 aliphatic heterocycles. The number of carbonyl (C=O) groups excluding carboxylic acids is 1. The van der Waals surface area contributed by atoms with Crippen molar-refractivity contribution >= 4 is 22.2 Å². The topological polar surface area (TPSA) is 56.1 Å². The SMILES string of the molecule is CC(c1ccc(F)c(F)c1)N(C)CCC(=O)Nc1sccc1C#N. The van der Waals surface area contributed by atoms with Crippen LogP contribution in [0.3, 0.4) is 0 Å². The fourth-order valence-electron chi connectivity index (χ4n) is 2.18. The van der Waals surface area contributed by atoms with Crippen molar-refractivity contribution in [2.45, 2.75) is 19.4 Å². The molecule has 0 radical (unpaired) electrons. The Kier molecular flexibility index (Phi) is 6.01. The highest BCUT2D eigenvalue weighted by atomic mass is 32.1. The predicted octanol–water partition coefficient (Wildman–Crippen LogP) is 3.92. The van der Waals surface area contributed by atoms with Crippen LogP contribution in [0.1, 0.15) is 30.5 Å². The van der Waals surface area contributed by atoms with Crippen LogP contribution in [-0.2, 0) is 4.79 Å². The smallest absolute Gasteiger partial charge is 0.226 e. The lowest BCUT2D eigenvalue weighted by molar-refractivity contribution is -0.116. The molecule has 1 unspecified atom stereocenters. The van der Waals surface area contributed by atoms with Gasteiger partial charge in [-0.1, -0.05) is 6.07 Å². The summed E-state index contributed by atoms with van der Waals surface area (Å²) >= 11 is 1.30. The van der Waals surface area contributed by atoms with Crippen molar-refractivity contribution in [2.24, 2.45) is 0 Å². The zero-order valence-electron chi connectivity index (χ0n) is 13.3. The van der Waals surface area contributed by atoms with Crippen molar-refractivity contribution < 1.29 is 13.6 Å². The van der Waals surface area contributed by atoms with Gasteiger partial charge in [-0.2, -0.15) is 5.26 Å². The first-order valence-electron chi connectivity index (χ1n) is 7.35. The van der Waals surface area contributed by atoms with E-state index in [1.807, 2.05) is 24.9 Å². The van der Waals surface area contributed by atoms with Gasteiger partial charge in [-0.05, 0) is 43.1 Å². The molecule has 1 atom stereocenters. The molecule has 0 aliphatic carbocycles. The fourth-order valence-corrected chi connectivity index (χ4v) is 2.94. The van der Waals surface area contributed by atoms with Gasteiger partial charge in [0.15, 0.2) is 11.6 Å². The van der Waals surface area contributed by atoms with Gasteiger partial charge in [0.2, 0.25) is 5.91 Å². The minimum atomic E-state index is -0.882. The molecule has 0 saturated carbocycles. The number of amides is 1. The summed E-state index contributed by atoms with van der Waals surface area (Å²) in [6.45, 7) is 2.30. The zero-order chi connectivity index (χ0) is 17.7. The first-order valence-corrected chi connectivity index (χ1v) is 8.23. The number of benzene rings is 1. The molecule has 2 rings (SSSR count). The van der Waals surface area contributed by atoms with Gasteiger partial charge in [0.25, 0.3) is 0 Å². The number of anilines is 1. The molecule has 4 nitrogen and oxygen atoms in total. The standard InChI is InChI=1S/C17H17F2N3OS/c1-11(12-3-4-14(18)15(19)9-12)22(2)7-5-16(23)21-17-13(10-20)6-8-24-17/h3-4,6,8-9,11H,5,7H2,1-2H3,(H,21,23). The molecule has 1 amide bonds. The molecule has 0 spiro atoms. The number of thiophene rings is 1. The summed E-state index contributed by atoms with van der Waals surface area (Å²) < 4.78 is 26.3. The maximum absolute atomic E-state index is 13.3. The van der Waals surface area contributed by atoms with Crippen LogP contribution in [0, 0.1) is 23.0 Å². The molecule has 1 aromatic heterocycles. The van der Waals surface area contributed by atoms with Gasteiger partial charge in [0.05, 0.1) is 5.56 Å². The Balaban J connectivity index is 1.90. The van der Waals surface area contributed by atoms with Gasteiger partial charge in [0, 0.05) is 19.0 Å². The summed E-state index contributed by atoms with van der Waals surface area (Å²) in [5, 5.41) is 13.9. The quantitative estimate of drug-likeness (QED) is 0.860. The second-order valence-corrected chi connectivity index (χ2v) is 6.32. The van der Waals surface area contributed by atoms with E-state index in [-0.39, 0.29) is 18.4 Å². The molecule has 1 heterocycles. The number of nitriles is 1. The highest BCUT2D eigenvalue weighted by Crippen LogP contribution is 2.23. The van der Waals surface area contributed by atoms with Crippen LogP contribution in [0.15, 0.2) is 29.6 Å². The number of carbonyl (C=O) groups is 1. The maximum atomic E-state index is 13.3. The van der Waals surface area contributed by atoms with Crippen LogP contribution in [0.4, 0.5) is 13.8 Å². The minimum Gasteiger partial charge on any atom is -0.317 e. The molecule has 1 N–H and O–H groups in total. The van der Waals surface area contributed by atoms with Gasteiger partial charge in [-0.3, -0.25) is 9.69 Å². The van der Waals surface area contributed by atoms with Crippen molar-refractivity contribution in [2.75, 3.05) is 18.9 Å². The zero-order valence-corrected chi connectivity index (χ0v) is 14.2. The van der Waals surface area contributed by atoms with Crippen LogP contribution < -0.4 is 5.32 Å². The Labute approximate surface area is 143 Å². The number of nitrogens with one attached hydrogen (secondary N) is 1. The van der Waals surface area contributed by atoms with Crippen molar-refractivity contribution in [3.63, 3.8) is 0 Å². The van der Waals surface area contributed by atoms with Crippen LogP contribution in [0.25, 0.3) is 0 Å². The molecular formula is C17H17F2N3OS. The molecule has 7 heteroatoms. The van der Waals surface area contributed by atoms with E-state index in [1.165, 1.54) is 23.5 Å². The first-order chi connectivity index (χ1) is 11.4. The Morgan fingerprint density at radius 1 is 1.38 bits per heavy atom. The van der Waals surface area contributed by atoms with Crippen LogP contribution in [0.2, 0.25) is 0 Å². The van der Waals surface area contributed by atoms with E-state index in [1.54, 1.807) is 11.4 Å². The van der Waals surface area contributed by atoms with Gasteiger partial charge >= 0.3 is 0 Å². The summed E-state index contributed by atoms with van der Waals surface area (Å²) in [4.78, 5) is 13.9. The molecule has 0 bridgehead atoms. The van der Waals surface area contributed by atoms with Crippen LogP contribution >= 0.6 is 11.3 Å². The van der Waals surface area contributed by atoms with Gasteiger partial charge in [0.1, 0.15) is 11.1 Å². The number of hydrogen-bond acceptors (Lipinski definition) is 4. The van der Waals surface area contributed by atoms with E-state index in [0.717, 1.165) is 6.07 Å². The molecule has 0 fully saturated rings. The van der Waals surface area contributed by atoms with Crippen LogP contribution in [-0.4, -0.2) is 24.4 Å². The molecule has 2 aromatic rings. The van der Waals surface area contributed by atoms with Crippen molar-refractivity contribution in [3.05, 3.63) is 52.4 Å². The second kappa shape index (κ2) is 7.99. The summed E-state index contributed by atoms with van der Waals surface area (Å²) in [5.41, 5.74) is 1.08. The van der Waals surface area contributed by atoms with Gasteiger partial charge in [-0.15, -0.1) is 11.3 Å².